The van der Waals surface area contributed by atoms with Crippen LogP contribution < -0.4 is 15.3 Å². The molecule has 0 aliphatic rings. The average molecular weight is 591 g/mol. The summed E-state index contributed by atoms with van der Waals surface area (Å²) in [6.07, 6.45) is 10.4. The van der Waals surface area contributed by atoms with E-state index in [0.29, 0.717) is 25.0 Å². The van der Waals surface area contributed by atoms with Gasteiger partial charge in [-0.05, 0) is 54.9 Å². The van der Waals surface area contributed by atoms with Crippen molar-refractivity contribution in [2.45, 2.75) is 96.6 Å². The van der Waals surface area contributed by atoms with Crippen LogP contribution in [0, 0.1) is 5.92 Å². The van der Waals surface area contributed by atoms with E-state index < -0.39 is 25.3 Å². The number of aliphatic hydroxyl groups is 1. The number of aryl methyl sites for hydroxylation is 2. The zero-order valence-electron chi connectivity index (χ0n) is 25.3. The maximum absolute atomic E-state index is 14.0. The predicted octanol–water partition coefficient (Wildman–Crippen LogP) is 6.59. The topological polar surface area (TPSA) is 120 Å². The minimum Gasteiger partial charge on any atom is -0.468 e. The van der Waals surface area contributed by atoms with Gasteiger partial charge < -0.3 is 20.1 Å². The second-order valence-electron chi connectivity index (χ2n) is 11.0. The summed E-state index contributed by atoms with van der Waals surface area (Å²) in [5.41, 5.74) is 7.77. The number of hydrogen-bond acceptors (Lipinski definition) is 7. The number of benzene rings is 2. The van der Waals surface area contributed by atoms with Gasteiger partial charge in [-0.1, -0.05) is 102 Å². The highest BCUT2D eigenvalue weighted by Gasteiger charge is 2.39. The Kier molecular flexibility index (Phi) is 15.7. The van der Waals surface area contributed by atoms with Crippen molar-refractivity contribution in [2.75, 3.05) is 20.3 Å². The van der Waals surface area contributed by atoms with E-state index in [1.54, 1.807) is 30.3 Å². The molecular weight excluding hydrogens is 539 g/mol. The summed E-state index contributed by atoms with van der Waals surface area (Å²) in [7, 11) is -2.83. The number of methoxy groups -OCH3 is 1. The molecule has 2 aromatic rings. The van der Waals surface area contributed by atoms with E-state index >= 15 is 0 Å². The highest BCUT2D eigenvalue weighted by molar-refractivity contribution is 7.52. The van der Waals surface area contributed by atoms with Crippen molar-refractivity contribution in [3.05, 3.63) is 65.7 Å². The summed E-state index contributed by atoms with van der Waals surface area (Å²) >= 11 is 0. The van der Waals surface area contributed by atoms with E-state index in [1.165, 1.54) is 51.2 Å². The molecule has 0 radical (unpaired) electrons. The van der Waals surface area contributed by atoms with Gasteiger partial charge in [-0.2, -0.15) is 5.09 Å². The molecule has 0 aliphatic carbocycles. The van der Waals surface area contributed by atoms with Gasteiger partial charge in [-0.25, -0.2) is 4.57 Å². The molecule has 4 N–H and O–H groups in total. The normalized spacial score (nSPS) is 15.9. The second kappa shape index (κ2) is 18.3. The third-order valence-electron chi connectivity index (χ3n) is 7.52. The van der Waals surface area contributed by atoms with Gasteiger partial charge in [0.1, 0.15) is 11.8 Å². The van der Waals surface area contributed by atoms with Gasteiger partial charge in [-0.15, -0.1) is 0 Å². The third-order valence-corrected chi connectivity index (χ3v) is 9.04. The highest BCUT2D eigenvalue weighted by Crippen LogP contribution is 2.46. The Morgan fingerprint density at radius 1 is 0.976 bits per heavy atom. The minimum atomic E-state index is -4.11. The number of esters is 1. The van der Waals surface area contributed by atoms with Crippen LogP contribution >= 0.6 is 7.75 Å². The van der Waals surface area contributed by atoms with Crippen molar-refractivity contribution < 1.29 is 28.3 Å². The fourth-order valence-electron chi connectivity index (χ4n) is 4.44. The van der Waals surface area contributed by atoms with E-state index in [4.69, 9.17) is 19.5 Å². The number of nitrogens with two attached hydrogens (primary N) is 1. The lowest BCUT2D eigenvalue weighted by atomic mass is 9.93. The molecule has 0 aliphatic heterocycles. The zero-order valence-corrected chi connectivity index (χ0v) is 26.2. The lowest BCUT2D eigenvalue weighted by molar-refractivity contribution is -0.144. The standard InChI is InChI=1S/C32H51N2O6P/c1-5-7-8-9-10-12-15-27-18-20-28(21-19-27)22-23-32(33,24-35)25-39-41(37,40-29-16-13-11-14-17-29)34-30(26(3)6-2)31(36)38-4/h11,13-14,16-21,26,30,35H,5-10,12,15,22-25,33H2,1-4H3,(H,34,37)/t26-,30?,32?,41?/m0/s1. The molecule has 0 bridgehead atoms. The summed E-state index contributed by atoms with van der Waals surface area (Å²) in [6, 6.07) is 16.2. The van der Waals surface area contributed by atoms with Crippen LogP contribution in [0.1, 0.15) is 83.3 Å². The smallest absolute Gasteiger partial charge is 0.459 e. The number of ether oxygens (including phenoxy) is 1. The summed E-state index contributed by atoms with van der Waals surface area (Å²) < 4.78 is 30.5. The van der Waals surface area contributed by atoms with Gasteiger partial charge in [0.15, 0.2) is 0 Å². The van der Waals surface area contributed by atoms with Crippen molar-refractivity contribution >= 4 is 13.7 Å². The first kappa shape index (κ1) is 35.0. The first-order valence-electron chi connectivity index (χ1n) is 15.0. The van der Waals surface area contributed by atoms with E-state index in [1.807, 2.05) is 13.8 Å². The maximum Gasteiger partial charge on any atom is 0.459 e. The summed E-state index contributed by atoms with van der Waals surface area (Å²) in [6.45, 7) is 5.38. The number of carbonyl (C=O) groups is 1. The lowest BCUT2D eigenvalue weighted by Crippen LogP contribution is -2.49. The molecule has 0 heterocycles. The molecule has 2 aromatic carbocycles. The Hall–Kier alpha value is -2.22. The summed E-state index contributed by atoms with van der Waals surface area (Å²) in [5.74, 6) is -0.465. The van der Waals surface area contributed by atoms with Crippen LogP contribution in [0.5, 0.6) is 5.75 Å². The maximum atomic E-state index is 14.0. The summed E-state index contributed by atoms with van der Waals surface area (Å²) in [4.78, 5) is 12.5. The molecular formula is C32H51N2O6P. The Bertz CT molecular complexity index is 1050. The fourth-order valence-corrected chi connectivity index (χ4v) is 6.15. The second-order valence-corrected chi connectivity index (χ2v) is 12.7. The zero-order chi connectivity index (χ0) is 30.1. The first-order chi connectivity index (χ1) is 19.7. The number of carbonyl (C=O) groups excluding carboxylic acids is 1. The van der Waals surface area contributed by atoms with Crippen LogP contribution in [-0.2, 0) is 31.5 Å². The van der Waals surface area contributed by atoms with Gasteiger partial charge >= 0.3 is 13.7 Å². The number of hydrogen-bond donors (Lipinski definition) is 3. The van der Waals surface area contributed by atoms with Gasteiger partial charge in [0, 0.05) is 0 Å². The minimum absolute atomic E-state index is 0.205. The van der Waals surface area contributed by atoms with Gasteiger partial charge in [-0.3, -0.25) is 9.32 Å². The number of rotatable bonds is 21. The largest absolute Gasteiger partial charge is 0.468 e. The lowest BCUT2D eigenvalue weighted by Gasteiger charge is -2.31. The molecule has 8 nitrogen and oxygen atoms in total. The molecule has 0 saturated carbocycles. The molecule has 0 saturated heterocycles. The predicted molar refractivity (Wildman–Crippen MR) is 165 cm³/mol. The van der Waals surface area contributed by atoms with Crippen LogP contribution in [0.3, 0.4) is 0 Å². The molecule has 0 fully saturated rings. The van der Waals surface area contributed by atoms with Gasteiger partial charge in [0.2, 0.25) is 0 Å². The molecule has 230 valence electrons. The highest BCUT2D eigenvalue weighted by atomic mass is 31.2. The third kappa shape index (κ3) is 12.7. The number of unbranched alkanes of at least 4 members (excludes halogenated alkanes) is 5. The van der Waals surface area contributed by atoms with Crippen LogP contribution in [0.2, 0.25) is 0 Å². The van der Waals surface area contributed by atoms with Gasteiger partial charge in [0.25, 0.3) is 0 Å². The average Bonchev–Trinajstić information content (AvgIpc) is 3.00. The Balaban J connectivity index is 2.03. The number of aliphatic hydroxyl groups excluding tert-OH is 1. The number of nitrogens with one attached hydrogen (secondary N) is 1. The molecule has 0 amide bonds. The monoisotopic (exact) mass is 590 g/mol. The number of para-hydroxylation sites is 1. The molecule has 2 rings (SSSR count). The Labute approximate surface area is 246 Å². The molecule has 41 heavy (non-hydrogen) atoms. The van der Waals surface area contributed by atoms with Crippen LogP contribution in [-0.4, -0.2) is 43.0 Å². The SMILES string of the molecule is CCCCCCCCc1ccc(CCC(N)(CO)COP(=O)(NC(C(=O)OC)[C@@H](C)CC)Oc2ccccc2)cc1. The van der Waals surface area contributed by atoms with Crippen molar-refractivity contribution in [2.24, 2.45) is 11.7 Å². The van der Waals surface area contributed by atoms with Crippen LogP contribution in [0.4, 0.5) is 0 Å². The van der Waals surface area contributed by atoms with E-state index in [-0.39, 0.29) is 19.1 Å². The van der Waals surface area contributed by atoms with Crippen molar-refractivity contribution in [1.29, 1.82) is 0 Å². The van der Waals surface area contributed by atoms with Crippen molar-refractivity contribution in [3.63, 3.8) is 0 Å². The molecule has 0 spiro atoms. The molecule has 3 unspecified atom stereocenters. The van der Waals surface area contributed by atoms with E-state index in [9.17, 15) is 14.5 Å². The van der Waals surface area contributed by atoms with Gasteiger partial charge in [0.05, 0.1) is 25.9 Å². The summed E-state index contributed by atoms with van der Waals surface area (Å²) in [5, 5.41) is 13.0. The molecule has 9 heteroatoms. The van der Waals surface area contributed by atoms with E-state index in [0.717, 1.165) is 12.0 Å². The van der Waals surface area contributed by atoms with Crippen molar-refractivity contribution in [1.82, 2.24) is 5.09 Å². The van der Waals surface area contributed by atoms with Crippen molar-refractivity contribution in [3.8, 4) is 5.75 Å². The van der Waals surface area contributed by atoms with Crippen LogP contribution in [0.25, 0.3) is 0 Å². The molecule has 0 aromatic heterocycles. The van der Waals surface area contributed by atoms with Crippen LogP contribution in [0.15, 0.2) is 54.6 Å². The Morgan fingerprint density at radius 2 is 1.59 bits per heavy atom. The molecule has 4 atom stereocenters. The fraction of sp³-hybridized carbons (Fsp3) is 0.594. The Morgan fingerprint density at radius 3 is 2.17 bits per heavy atom. The first-order valence-corrected chi connectivity index (χ1v) is 16.5. The van der Waals surface area contributed by atoms with E-state index in [2.05, 4.69) is 36.3 Å². The quantitative estimate of drug-likeness (QED) is 0.0846.